The standard InChI is InChI=1S/C19H23NO6/c21-17(22)14-10-19(25-15-8-4-5-9-16(15)26-19)12-20(14)18(23)24-11-13-6-2-1-3-7-13/h1-3,6-7,14-16H,4-5,8-12H2,(H,21,22)/t14-,15+,16+/m0/s1. The molecular formula is C19H23NO6. The maximum absolute atomic E-state index is 12.5. The number of aliphatic carboxylic acids is 1. The van der Waals surface area contributed by atoms with Gasteiger partial charge in [0.05, 0.1) is 18.8 Å². The van der Waals surface area contributed by atoms with Crippen LogP contribution in [0.4, 0.5) is 4.79 Å². The summed E-state index contributed by atoms with van der Waals surface area (Å²) in [5, 5.41) is 9.56. The Morgan fingerprint density at radius 3 is 2.42 bits per heavy atom. The molecule has 3 atom stereocenters. The first-order chi connectivity index (χ1) is 12.6. The summed E-state index contributed by atoms with van der Waals surface area (Å²) in [7, 11) is 0. The summed E-state index contributed by atoms with van der Waals surface area (Å²) < 4.78 is 17.5. The minimum absolute atomic E-state index is 0.00140. The SMILES string of the molecule is O=C(O)[C@@H]1CC2(CN1C(=O)OCc1ccccc1)O[C@@H]1CCCC[C@H]1O2. The van der Waals surface area contributed by atoms with Crippen molar-refractivity contribution in [3.05, 3.63) is 35.9 Å². The van der Waals surface area contributed by atoms with Crippen LogP contribution in [0.25, 0.3) is 0 Å². The average molecular weight is 361 g/mol. The van der Waals surface area contributed by atoms with Gasteiger partial charge in [0.1, 0.15) is 12.6 Å². The zero-order valence-electron chi connectivity index (χ0n) is 14.5. The van der Waals surface area contributed by atoms with Crippen molar-refractivity contribution in [2.24, 2.45) is 0 Å². The van der Waals surface area contributed by atoms with Crippen LogP contribution in [0.2, 0.25) is 0 Å². The Morgan fingerprint density at radius 1 is 1.15 bits per heavy atom. The minimum Gasteiger partial charge on any atom is -0.480 e. The van der Waals surface area contributed by atoms with Crippen molar-refractivity contribution in [1.82, 2.24) is 4.90 Å². The first kappa shape index (κ1) is 17.3. The van der Waals surface area contributed by atoms with Crippen molar-refractivity contribution in [1.29, 1.82) is 0 Å². The van der Waals surface area contributed by atoms with Crippen molar-refractivity contribution in [2.75, 3.05) is 6.54 Å². The van der Waals surface area contributed by atoms with Gasteiger partial charge >= 0.3 is 12.1 Å². The lowest BCUT2D eigenvalue weighted by Crippen LogP contribution is -2.41. The molecule has 3 fully saturated rings. The second kappa shape index (κ2) is 6.89. The van der Waals surface area contributed by atoms with Gasteiger partial charge in [-0.25, -0.2) is 9.59 Å². The van der Waals surface area contributed by atoms with Gasteiger partial charge in [0.15, 0.2) is 5.79 Å². The van der Waals surface area contributed by atoms with Crippen molar-refractivity contribution in [2.45, 2.75) is 62.7 Å². The number of ether oxygens (including phenoxy) is 3. The summed E-state index contributed by atoms with van der Waals surface area (Å²) in [4.78, 5) is 25.4. The molecule has 2 saturated heterocycles. The van der Waals surface area contributed by atoms with Gasteiger partial charge in [-0.15, -0.1) is 0 Å². The Labute approximate surface area is 151 Å². The van der Waals surface area contributed by atoms with Crippen molar-refractivity contribution < 1.29 is 28.9 Å². The summed E-state index contributed by atoms with van der Waals surface area (Å²) in [6, 6.07) is 8.29. The van der Waals surface area contributed by atoms with Gasteiger partial charge < -0.3 is 19.3 Å². The zero-order chi connectivity index (χ0) is 18.1. The topological polar surface area (TPSA) is 85.3 Å². The highest BCUT2D eigenvalue weighted by atomic mass is 16.8. The molecule has 1 aliphatic carbocycles. The number of hydrogen-bond acceptors (Lipinski definition) is 5. The highest BCUT2D eigenvalue weighted by Crippen LogP contribution is 2.44. The molecule has 7 heteroatoms. The van der Waals surface area contributed by atoms with Crippen LogP contribution in [0.15, 0.2) is 30.3 Å². The summed E-state index contributed by atoms with van der Waals surface area (Å²) in [5.41, 5.74) is 0.848. The Hall–Kier alpha value is -2.12. The number of nitrogens with zero attached hydrogens (tertiary/aromatic N) is 1. The average Bonchev–Trinajstić information content (AvgIpc) is 3.20. The quantitative estimate of drug-likeness (QED) is 0.890. The van der Waals surface area contributed by atoms with Gasteiger partial charge in [0.25, 0.3) is 0 Å². The van der Waals surface area contributed by atoms with E-state index in [0.717, 1.165) is 31.2 Å². The van der Waals surface area contributed by atoms with E-state index in [4.69, 9.17) is 14.2 Å². The highest BCUT2D eigenvalue weighted by Gasteiger charge is 2.58. The molecule has 140 valence electrons. The van der Waals surface area contributed by atoms with Crippen LogP contribution in [-0.4, -0.2) is 52.7 Å². The lowest BCUT2D eigenvalue weighted by atomic mass is 9.95. The maximum Gasteiger partial charge on any atom is 0.411 e. The summed E-state index contributed by atoms with van der Waals surface area (Å²) in [6.07, 6.45) is 3.50. The summed E-state index contributed by atoms with van der Waals surface area (Å²) >= 11 is 0. The van der Waals surface area contributed by atoms with E-state index >= 15 is 0 Å². The number of carbonyl (C=O) groups is 2. The molecule has 4 rings (SSSR count). The molecular weight excluding hydrogens is 338 g/mol. The van der Waals surface area contributed by atoms with E-state index in [2.05, 4.69) is 0 Å². The minimum atomic E-state index is -1.07. The molecule has 1 aromatic rings. The fourth-order valence-corrected chi connectivity index (χ4v) is 4.14. The Morgan fingerprint density at radius 2 is 1.81 bits per heavy atom. The number of carbonyl (C=O) groups excluding carboxylic acids is 1. The Balaban J connectivity index is 1.44. The fourth-order valence-electron chi connectivity index (χ4n) is 4.14. The number of carboxylic acids is 1. The summed E-state index contributed by atoms with van der Waals surface area (Å²) in [6.45, 7) is 0.188. The molecule has 0 aromatic heterocycles. The van der Waals surface area contributed by atoms with Gasteiger partial charge in [0.2, 0.25) is 0 Å². The van der Waals surface area contributed by atoms with Gasteiger partial charge in [0, 0.05) is 6.42 Å². The molecule has 0 bridgehead atoms. The van der Waals surface area contributed by atoms with E-state index in [0.29, 0.717) is 0 Å². The molecule has 1 aromatic carbocycles. The third-order valence-electron chi connectivity index (χ3n) is 5.39. The lowest BCUT2D eigenvalue weighted by molar-refractivity contribution is -0.165. The van der Waals surface area contributed by atoms with Gasteiger partial charge in [-0.3, -0.25) is 4.90 Å². The van der Waals surface area contributed by atoms with E-state index in [1.165, 1.54) is 4.90 Å². The highest BCUT2D eigenvalue weighted by molar-refractivity contribution is 5.81. The van der Waals surface area contributed by atoms with Crippen molar-refractivity contribution in [3.63, 3.8) is 0 Å². The Bertz CT molecular complexity index is 664. The second-order valence-corrected chi connectivity index (χ2v) is 7.23. The molecule has 1 N–H and O–H groups in total. The number of hydrogen-bond donors (Lipinski definition) is 1. The Kier molecular flexibility index (Phi) is 4.58. The van der Waals surface area contributed by atoms with Crippen molar-refractivity contribution in [3.8, 4) is 0 Å². The second-order valence-electron chi connectivity index (χ2n) is 7.23. The molecule has 26 heavy (non-hydrogen) atoms. The van der Waals surface area contributed by atoms with Crippen LogP contribution in [0.3, 0.4) is 0 Å². The monoisotopic (exact) mass is 361 g/mol. The third kappa shape index (κ3) is 3.29. The first-order valence-electron chi connectivity index (χ1n) is 9.12. The lowest BCUT2D eigenvalue weighted by Gasteiger charge is -2.23. The zero-order valence-corrected chi connectivity index (χ0v) is 14.5. The number of amides is 1. The van der Waals surface area contributed by atoms with Crippen LogP contribution < -0.4 is 0 Å². The normalized spacial score (nSPS) is 29.5. The fraction of sp³-hybridized carbons (Fsp3) is 0.579. The molecule has 3 aliphatic rings. The molecule has 1 saturated carbocycles. The van der Waals surface area contributed by atoms with Crippen LogP contribution in [-0.2, 0) is 25.6 Å². The molecule has 1 spiro atoms. The number of carboxylic acid groups (broad SMARTS) is 1. The molecule has 1 amide bonds. The van der Waals surface area contributed by atoms with Gasteiger partial charge in [-0.2, -0.15) is 0 Å². The molecule has 7 nitrogen and oxygen atoms in total. The van der Waals surface area contributed by atoms with E-state index in [9.17, 15) is 14.7 Å². The van der Waals surface area contributed by atoms with Crippen LogP contribution in [0.1, 0.15) is 37.7 Å². The number of likely N-dealkylation sites (tertiary alicyclic amines) is 1. The number of benzene rings is 1. The largest absolute Gasteiger partial charge is 0.480 e. The van der Waals surface area contributed by atoms with Gasteiger partial charge in [-0.1, -0.05) is 43.2 Å². The van der Waals surface area contributed by atoms with E-state index < -0.39 is 23.9 Å². The van der Waals surface area contributed by atoms with Crippen LogP contribution >= 0.6 is 0 Å². The third-order valence-corrected chi connectivity index (χ3v) is 5.39. The van der Waals surface area contributed by atoms with Crippen LogP contribution in [0, 0.1) is 0 Å². The van der Waals surface area contributed by atoms with E-state index in [-0.39, 0.29) is 31.8 Å². The van der Waals surface area contributed by atoms with Gasteiger partial charge in [-0.05, 0) is 18.4 Å². The predicted molar refractivity (Wildman–Crippen MR) is 90.3 cm³/mol. The molecule has 0 radical (unpaired) electrons. The first-order valence-corrected chi connectivity index (χ1v) is 9.12. The summed E-state index contributed by atoms with van der Waals surface area (Å²) in [5.74, 6) is -2.09. The molecule has 2 aliphatic heterocycles. The van der Waals surface area contributed by atoms with Crippen LogP contribution in [0.5, 0.6) is 0 Å². The van der Waals surface area contributed by atoms with E-state index in [1.54, 1.807) is 0 Å². The van der Waals surface area contributed by atoms with E-state index in [1.807, 2.05) is 30.3 Å². The number of fused-ring (bicyclic) bond motifs is 1. The van der Waals surface area contributed by atoms with Crippen molar-refractivity contribution >= 4 is 12.1 Å². The maximum atomic E-state index is 12.5. The number of rotatable bonds is 3. The molecule has 0 unspecified atom stereocenters. The molecule has 2 heterocycles. The smallest absolute Gasteiger partial charge is 0.411 e. The predicted octanol–water partition coefficient (Wildman–Crippen LogP) is 2.54.